The van der Waals surface area contributed by atoms with E-state index >= 15 is 0 Å². The van der Waals surface area contributed by atoms with Crippen molar-refractivity contribution in [1.29, 1.82) is 5.26 Å². The molecule has 2 atom stereocenters. The minimum atomic E-state index is -0.920. The Morgan fingerprint density at radius 3 is 2.63 bits per heavy atom. The summed E-state index contributed by atoms with van der Waals surface area (Å²) in [7, 11) is 0. The number of hydrogen-bond donors (Lipinski definition) is 1. The van der Waals surface area contributed by atoms with Gasteiger partial charge in [-0.2, -0.15) is 5.26 Å². The quantitative estimate of drug-likeness (QED) is 0.616. The molecule has 5 fully saturated rings. The van der Waals surface area contributed by atoms with Crippen LogP contribution in [0.25, 0.3) is 0 Å². The van der Waals surface area contributed by atoms with Gasteiger partial charge in [0.1, 0.15) is 23.2 Å². The highest BCUT2D eigenvalue weighted by Gasteiger charge is 2.63. The largest absolute Gasteiger partial charge is 0.489 e. The van der Waals surface area contributed by atoms with Crippen molar-refractivity contribution in [3.63, 3.8) is 0 Å². The lowest BCUT2D eigenvalue weighted by atomic mass is 9.63. The monoisotopic (exact) mass is 514 g/mol. The topological polar surface area (TPSA) is 103 Å². The Morgan fingerprint density at radius 1 is 1.05 bits per heavy atom. The molecule has 4 aliphatic heterocycles. The van der Waals surface area contributed by atoms with Gasteiger partial charge >= 0.3 is 0 Å². The standard InChI is InChI=1S/C29H27FN4O4/c30-20-4-6-22(16(8-20)12-31)19-13-33(14-19)24-2-1-3-25(24)38-21-5-7-23-17(9-21)15-34(27(23)36)29-10-18(11-29)26(35)32-28(29)37/h4-9,18-19,24-25H,1-3,10-11,13-15H2,(H,32,35,37)/t18?,24-,25-,29?/m0/s1. The molecule has 3 amide bonds. The fourth-order valence-electron chi connectivity index (χ4n) is 7.11. The number of rotatable bonds is 5. The van der Waals surface area contributed by atoms with E-state index in [0.29, 0.717) is 36.3 Å². The van der Waals surface area contributed by atoms with E-state index in [1.54, 1.807) is 17.0 Å². The summed E-state index contributed by atoms with van der Waals surface area (Å²) in [5, 5.41) is 11.8. The maximum absolute atomic E-state index is 13.5. The third kappa shape index (κ3) is 3.39. The molecule has 9 heteroatoms. The van der Waals surface area contributed by atoms with E-state index in [4.69, 9.17) is 4.74 Å². The number of imide groups is 1. The van der Waals surface area contributed by atoms with Gasteiger partial charge in [-0.25, -0.2) is 4.39 Å². The molecule has 0 aromatic heterocycles. The number of nitriles is 1. The van der Waals surface area contributed by atoms with E-state index in [-0.39, 0.29) is 41.7 Å². The van der Waals surface area contributed by atoms with E-state index in [1.807, 2.05) is 12.1 Å². The van der Waals surface area contributed by atoms with Gasteiger partial charge in [0, 0.05) is 43.1 Å². The highest BCUT2D eigenvalue weighted by molar-refractivity contribution is 6.10. The third-order valence-electron chi connectivity index (χ3n) is 9.26. The van der Waals surface area contributed by atoms with Gasteiger partial charge in [-0.05, 0) is 73.6 Å². The fourth-order valence-corrected chi connectivity index (χ4v) is 7.11. The molecule has 2 aromatic carbocycles. The molecule has 3 saturated heterocycles. The van der Waals surface area contributed by atoms with Crippen LogP contribution in [0, 0.1) is 23.1 Å². The second kappa shape index (κ2) is 8.37. The van der Waals surface area contributed by atoms with Gasteiger partial charge in [-0.15, -0.1) is 0 Å². The maximum Gasteiger partial charge on any atom is 0.255 e. The van der Waals surface area contributed by atoms with Crippen LogP contribution in [-0.4, -0.2) is 58.3 Å². The summed E-state index contributed by atoms with van der Waals surface area (Å²) in [4.78, 5) is 41.7. The number of fused-ring (bicyclic) bond motifs is 3. The first-order valence-corrected chi connectivity index (χ1v) is 13.3. The van der Waals surface area contributed by atoms with Gasteiger partial charge < -0.3 is 9.64 Å². The van der Waals surface area contributed by atoms with Gasteiger partial charge in [0.15, 0.2) is 0 Å². The molecule has 2 aliphatic carbocycles. The van der Waals surface area contributed by atoms with Crippen LogP contribution in [-0.2, 0) is 16.1 Å². The Morgan fingerprint density at radius 2 is 1.87 bits per heavy atom. The maximum atomic E-state index is 13.5. The lowest BCUT2D eigenvalue weighted by Crippen LogP contribution is -2.73. The van der Waals surface area contributed by atoms with Gasteiger partial charge in [-0.3, -0.25) is 24.6 Å². The van der Waals surface area contributed by atoms with E-state index in [1.165, 1.54) is 12.1 Å². The minimum Gasteiger partial charge on any atom is -0.489 e. The lowest BCUT2D eigenvalue weighted by molar-refractivity contribution is -0.160. The van der Waals surface area contributed by atoms with E-state index in [9.17, 15) is 24.0 Å². The summed E-state index contributed by atoms with van der Waals surface area (Å²) < 4.78 is 20.0. The molecule has 0 spiro atoms. The van der Waals surface area contributed by atoms with E-state index in [2.05, 4.69) is 16.3 Å². The molecule has 2 saturated carbocycles. The minimum absolute atomic E-state index is 0.0204. The van der Waals surface area contributed by atoms with Crippen molar-refractivity contribution < 1.29 is 23.5 Å². The highest BCUT2D eigenvalue weighted by atomic mass is 19.1. The molecule has 0 unspecified atom stereocenters. The molecule has 2 aromatic rings. The fraction of sp³-hybridized carbons (Fsp3) is 0.448. The zero-order valence-corrected chi connectivity index (χ0v) is 20.8. The van der Waals surface area contributed by atoms with Gasteiger partial charge in [-0.1, -0.05) is 6.07 Å². The average molecular weight is 515 g/mol. The molecule has 194 valence electrons. The van der Waals surface area contributed by atoms with Crippen molar-refractivity contribution in [2.24, 2.45) is 5.92 Å². The predicted molar refractivity (Wildman–Crippen MR) is 132 cm³/mol. The summed E-state index contributed by atoms with van der Waals surface area (Å²) in [5.41, 5.74) is 1.82. The lowest BCUT2D eigenvalue weighted by Gasteiger charge is -2.53. The Hall–Kier alpha value is -3.77. The van der Waals surface area contributed by atoms with Crippen LogP contribution < -0.4 is 10.1 Å². The predicted octanol–water partition coefficient (Wildman–Crippen LogP) is 2.86. The van der Waals surface area contributed by atoms with Crippen LogP contribution in [0.5, 0.6) is 5.75 Å². The number of piperidine rings is 2. The number of likely N-dealkylation sites (tertiary alicyclic amines) is 1. The van der Waals surface area contributed by atoms with Crippen molar-refractivity contribution >= 4 is 17.7 Å². The van der Waals surface area contributed by atoms with Gasteiger partial charge in [0.2, 0.25) is 5.91 Å². The molecule has 2 bridgehead atoms. The summed E-state index contributed by atoms with van der Waals surface area (Å²) in [6.45, 7) is 1.96. The number of benzene rings is 2. The number of carbonyl (C=O) groups excluding carboxylic acids is 3. The summed E-state index contributed by atoms with van der Waals surface area (Å²) in [5.74, 6) is -0.438. The molecule has 8 rings (SSSR count). The van der Waals surface area contributed by atoms with Crippen LogP contribution in [0.3, 0.4) is 0 Å². The summed E-state index contributed by atoms with van der Waals surface area (Å²) in [6, 6.07) is 12.4. The highest BCUT2D eigenvalue weighted by Crippen LogP contribution is 2.49. The third-order valence-corrected chi connectivity index (χ3v) is 9.26. The molecule has 8 nitrogen and oxygen atoms in total. The number of carbonyl (C=O) groups is 3. The second-order valence-electron chi connectivity index (χ2n) is 11.3. The average Bonchev–Trinajstić information content (AvgIpc) is 3.42. The number of amides is 3. The van der Waals surface area contributed by atoms with Crippen LogP contribution in [0.2, 0.25) is 0 Å². The SMILES string of the molecule is N#Cc1cc(F)ccc1C1CN([C@H]2CCC[C@@H]2Oc2ccc3c(c2)CN(C24CC(C2)C(=O)NC4=O)C3=O)C1. The zero-order valence-electron chi connectivity index (χ0n) is 20.8. The Labute approximate surface area is 219 Å². The van der Waals surface area contributed by atoms with E-state index < -0.39 is 11.4 Å². The Balaban J connectivity index is 1.02. The first kappa shape index (κ1) is 23.4. The number of nitrogens with one attached hydrogen (secondary N) is 1. The van der Waals surface area contributed by atoms with Crippen molar-refractivity contribution in [2.75, 3.05) is 13.1 Å². The summed E-state index contributed by atoms with van der Waals surface area (Å²) in [6.07, 6.45) is 3.84. The molecule has 1 N–H and O–H groups in total. The van der Waals surface area contributed by atoms with Crippen LogP contribution in [0.15, 0.2) is 36.4 Å². The number of ether oxygens (including phenoxy) is 1. The van der Waals surface area contributed by atoms with Crippen LogP contribution in [0.1, 0.15) is 65.1 Å². The number of halogens is 1. The van der Waals surface area contributed by atoms with Crippen LogP contribution >= 0.6 is 0 Å². The molecule has 4 heterocycles. The normalized spacial score (nSPS) is 30.4. The van der Waals surface area contributed by atoms with Gasteiger partial charge in [0.25, 0.3) is 11.8 Å². The molecule has 0 radical (unpaired) electrons. The second-order valence-corrected chi connectivity index (χ2v) is 11.3. The Kier molecular flexibility index (Phi) is 5.14. The summed E-state index contributed by atoms with van der Waals surface area (Å²) >= 11 is 0. The first-order valence-electron chi connectivity index (χ1n) is 13.3. The van der Waals surface area contributed by atoms with Crippen LogP contribution in [0.4, 0.5) is 4.39 Å². The smallest absolute Gasteiger partial charge is 0.255 e. The van der Waals surface area contributed by atoms with Crippen molar-refractivity contribution in [1.82, 2.24) is 15.1 Å². The van der Waals surface area contributed by atoms with Crippen molar-refractivity contribution in [3.8, 4) is 11.8 Å². The number of nitrogens with zero attached hydrogens (tertiary/aromatic N) is 3. The Bertz CT molecular complexity index is 1420. The first-order chi connectivity index (χ1) is 18.4. The number of hydrogen-bond acceptors (Lipinski definition) is 6. The molecular weight excluding hydrogens is 487 g/mol. The van der Waals surface area contributed by atoms with Gasteiger partial charge in [0.05, 0.1) is 11.6 Å². The molecular formula is C29H27FN4O4. The zero-order chi connectivity index (χ0) is 26.2. The van der Waals surface area contributed by atoms with Crippen molar-refractivity contribution in [2.45, 2.75) is 62.3 Å². The molecule has 38 heavy (non-hydrogen) atoms. The van der Waals surface area contributed by atoms with E-state index in [0.717, 1.165) is 43.5 Å². The molecule has 6 aliphatic rings. The van der Waals surface area contributed by atoms with Crippen molar-refractivity contribution in [3.05, 3.63) is 64.5 Å².